The predicted molar refractivity (Wildman–Crippen MR) is 143 cm³/mol. The molecule has 0 fully saturated rings. The summed E-state index contributed by atoms with van der Waals surface area (Å²) in [6.45, 7) is 14.7. The third kappa shape index (κ3) is 7.73. The molecule has 0 aliphatic carbocycles. The Kier molecular flexibility index (Phi) is 11.0. The van der Waals surface area contributed by atoms with Gasteiger partial charge in [-0.2, -0.15) is 8.61 Å². The van der Waals surface area contributed by atoms with Gasteiger partial charge in [0.15, 0.2) is 0 Å². The normalized spacial score (nSPS) is 12.5. The van der Waals surface area contributed by atoms with Crippen LogP contribution in [0.5, 0.6) is 0 Å². The second kappa shape index (κ2) is 12.6. The summed E-state index contributed by atoms with van der Waals surface area (Å²) < 4.78 is 52.6. The molecule has 2 aromatic rings. The van der Waals surface area contributed by atoms with Gasteiger partial charge in [0, 0.05) is 42.0 Å². The van der Waals surface area contributed by atoms with E-state index in [-0.39, 0.29) is 39.6 Å². The van der Waals surface area contributed by atoms with Gasteiger partial charge in [0.25, 0.3) is 5.69 Å². The Morgan fingerprint density at radius 2 is 0.917 bits per heavy atom. The lowest BCUT2D eigenvalue weighted by atomic mass is 10.3. The van der Waals surface area contributed by atoms with E-state index in [1.807, 2.05) is 27.7 Å². The molecule has 0 radical (unpaired) electrons. The Bertz CT molecular complexity index is 1190. The van der Waals surface area contributed by atoms with E-state index in [2.05, 4.69) is 0 Å². The van der Waals surface area contributed by atoms with Crippen LogP contribution in [0.3, 0.4) is 0 Å². The number of benzene rings is 2. The molecule has 0 aliphatic rings. The van der Waals surface area contributed by atoms with Crippen molar-refractivity contribution in [3.8, 4) is 0 Å². The standard InChI is InChI=1S/C12H18N2O4S.C12H20N2O2S/c1-9(2)13(10(3)4)19(17,18)12-7-5-11(6-8-12)14(15)16;1-9(2)14(10(3)4)17(15,16)12-7-5-11(13)6-8-12/h5-10H,1-4H3;5-10H,13H2,1-4H3. The first kappa shape index (κ1) is 31.5. The first-order valence-electron chi connectivity index (χ1n) is 11.6. The Morgan fingerprint density at radius 3 is 1.17 bits per heavy atom. The van der Waals surface area contributed by atoms with Gasteiger partial charge >= 0.3 is 0 Å². The fourth-order valence-electron chi connectivity index (χ4n) is 3.93. The van der Waals surface area contributed by atoms with Gasteiger partial charge in [0.1, 0.15) is 0 Å². The highest BCUT2D eigenvalue weighted by atomic mass is 32.2. The lowest BCUT2D eigenvalue weighted by Crippen LogP contribution is -2.41. The highest BCUT2D eigenvalue weighted by molar-refractivity contribution is 7.89. The lowest BCUT2D eigenvalue weighted by molar-refractivity contribution is -0.384. The van der Waals surface area contributed by atoms with Crippen molar-refractivity contribution in [2.24, 2.45) is 0 Å². The quantitative estimate of drug-likeness (QED) is 0.279. The van der Waals surface area contributed by atoms with Crippen LogP contribution in [0.1, 0.15) is 55.4 Å². The molecule has 0 atom stereocenters. The van der Waals surface area contributed by atoms with Crippen LogP contribution in [-0.2, 0) is 20.0 Å². The van der Waals surface area contributed by atoms with Crippen LogP contribution >= 0.6 is 0 Å². The van der Waals surface area contributed by atoms with Crippen LogP contribution in [-0.4, -0.2) is 54.5 Å². The summed E-state index contributed by atoms with van der Waals surface area (Å²) in [5, 5.41) is 10.6. The number of nitrogens with zero attached hydrogens (tertiary/aromatic N) is 3. The Hall–Kier alpha value is -2.54. The summed E-state index contributed by atoms with van der Waals surface area (Å²) in [7, 11) is -7.07. The summed E-state index contributed by atoms with van der Waals surface area (Å²) in [6, 6.07) is 10.7. The van der Waals surface area contributed by atoms with Crippen molar-refractivity contribution < 1.29 is 21.8 Å². The lowest BCUT2D eigenvalue weighted by Gasteiger charge is -2.29. The predicted octanol–water partition coefficient (Wildman–Crippen LogP) is 4.48. The van der Waals surface area contributed by atoms with Gasteiger partial charge < -0.3 is 5.73 Å². The van der Waals surface area contributed by atoms with Crippen LogP contribution < -0.4 is 5.73 Å². The number of sulfonamides is 2. The second-order valence-electron chi connectivity index (χ2n) is 9.36. The minimum absolute atomic E-state index is 0.0699. The molecule has 0 heterocycles. The summed E-state index contributed by atoms with van der Waals surface area (Å²) in [5.74, 6) is 0. The number of nitro groups is 1. The smallest absolute Gasteiger partial charge is 0.269 e. The number of hydrogen-bond donors (Lipinski definition) is 1. The number of nitrogen functional groups attached to an aromatic ring is 1. The van der Waals surface area contributed by atoms with Gasteiger partial charge in [0.05, 0.1) is 14.7 Å². The van der Waals surface area contributed by atoms with Crippen molar-refractivity contribution >= 4 is 31.4 Å². The van der Waals surface area contributed by atoms with E-state index in [9.17, 15) is 26.9 Å². The van der Waals surface area contributed by atoms with Crippen LogP contribution in [0.15, 0.2) is 58.3 Å². The first-order chi connectivity index (χ1) is 16.4. The molecule has 2 aromatic carbocycles. The second-order valence-corrected chi connectivity index (χ2v) is 13.1. The fraction of sp³-hybridized carbons (Fsp3) is 0.500. The maximum Gasteiger partial charge on any atom is 0.269 e. The maximum atomic E-state index is 12.5. The summed E-state index contributed by atoms with van der Waals surface area (Å²) in [5.41, 5.74) is 5.99. The number of hydrogen-bond acceptors (Lipinski definition) is 7. The molecule has 0 saturated heterocycles. The molecule has 0 unspecified atom stereocenters. The van der Waals surface area contributed by atoms with Gasteiger partial charge in [-0.1, -0.05) is 0 Å². The topological polar surface area (TPSA) is 144 Å². The SMILES string of the molecule is CC(C)N(C(C)C)S(=O)(=O)c1ccc(N)cc1.CC(C)N(C(C)C)S(=O)(=O)c1ccc([N+](=O)[O-])cc1. The minimum atomic E-state index is -3.63. The zero-order valence-corrected chi connectivity index (χ0v) is 23.7. The molecule has 0 aromatic heterocycles. The van der Waals surface area contributed by atoms with Crippen molar-refractivity contribution in [1.29, 1.82) is 0 Å². The minimum Gasteiger partial charge on any atom is -0.399 e. The molecule has 0 aliphatic heterocycles. The summed E-state index contributed by atoms with van der Waals surface area (Å²) in [6.07, 6.45) is 0. The Labute approximate surface area is 215 Å². The van der Waals surface area contributed by atoms with E-state index in [0.717, 1.165) is 0 Å². The van der Waals surface area contributed by atoms with Crippen molar-refractivity contribution in [2.75, 3.05) is 5.73 Å². The molecule has 36 heavy (non-hydrogen) atoms. The number of nitrogens with two attached hydrogens (primary N) is 1. The van der Waals surface area contributed by atoms with Gasteiger partial charge in [-0.3, -0.25) is 10.1 Å². The molecule has 202 valence electrons. The molecule has 0 spiro atoms. The molecular formula is C24H38N4O6S2. The van der Waals surface area contributed by atoms with Crippen LogP contribution in [0.4, 0.5) is 11.4 Å². The third-order valence-corrected chi connectivity index (χ3v) is 9.65. The zero-order valence-electron chi connectivity index (χ0n) is 22.1. The summed E-state index contributed by atoms with van der Waals surface area (Å²) in [4.78, 5) is 10.4. The Morgan fingerprint density at radius 1 is 0.639 bits per heavy atom. The molecule has 0 saturated carbocycles. The molecular weight excluding hydrogens is 504 g/mol. The number of rotatable bonds is 9. The van der Waals surface area contributed by atoms with Crippen LogP contribution in [0.2, 0.25) is 0 Å². The first-order valence-corrected chi connectivity index (χ1v) is 14.5. The Balaban J connectivity index is 0.000000362. The van der Waals surface area contributed by atoms with E-state index in [1.165, 1.54) is 32.9 Å². The molecule has 10 nitrogen and oxygen atoms in total. The number of nitro benzene ring substituents is 1. The van der Waals surface area contributed by atoms with E-state index in [4.69, 9.17) is 5.73 Å². The van der Waals surface area contributed by atoms with Crippen molar-refractivity contribution in [3.63, 3.8) is 0 Å². The number of non-ortho nitro benzene ring substituents is 1. The highest BCUT2D eigenvalue weighted by Gasteiger charge is 2.30. The van der Waals surface area contributed by atoms with Crippen molar-refractivity contribution in [2.45, 2.75) is 89.3 Å². The molecule has 0 amide bonds. The molecule has 12 heteroatoms. The van der Waals surface area contributed by atoms with Crippen LogP contribution in [0, 0.1) is 10.1 Å². The van der Waals surface area contributed by atoms with E-state index in [0.29, 0.717) is 5.69 Å². The average Bonchev–Trinajstić information content (AvgIpc) is 2.73. The summed E-state index contributed by atoms with van der Waals surface area (Å²) >= 11 is 0. The fourth-order valence-corrected chi connectivity index (χ4v) is 7.59. The largest absolute Gasteiger partial charge is 0.399 e. The van der Waals surface area contributed by atoms with Crippen molar-refractivity contribution in [1.82, 2.24) is 8.61 Å². The average molecular weight is 543 g/mol. The third-order valence-electron chi connectivity index (χ3n) is 5.11. The van der Waals surface area contributed by atoms with Gasteiger partial charge in [-0.25, -0.2) is 16.8 Å². The zero-order chi connectivity index (χ0) is 28.0. The van der Waals surface area contributed by atoms with E-state index in [1.54, 1.807) is 52.0 Å². The van der Waals surface area contributed by atoms with E-state index >= 15 is 0 Å². The van der Waals surface area contributed by atoms with Crippen molar-refractivity contribution in [3.05, 3.63) is 58.6 Å². The molecule has 0 bridgehead atoms. The monoisotopic (exact) mass is 542 g/mol. The van der Waals surface area contributed by atoms with Gasteiger partial charge in [0.2, 0.25) is 20.0 Å². The van der Waals surface area contributed by atoms with Crippen LogP contribution in [0.25, 0.3) is 0 Å². The number of anilines is 1. The van der Waals surface area contributed by atoms with Gasteiger partial charge in [-0.15, -0.1) is 0 Å². The molecule has 2 N–H and O–H groups in total. The maximum absolute atomic E-state index is 12.5. The van der Waals surface area contributed by atoms with E-state index < -0.39 is 25.0 Å². The highest BCUT2D eigenvalue weighted by Crippen LogP contribution is 2.23. The van der Waals surface area contributed by atoms with Gasteiger partial charge in [-0.05, 0) is 91.8 Å². The molecule has 2 rings (SSSR count).